The van der Waals surface area contributed by atoms with Crippen LogP contribution in [0.3, 0.4) is 0 Å². The molecule has 1 saturated carbocycles. The van der Waals surface area contributed by atoms with E-state index in [0.29, 0.717) is 36.1 Å². The molecule has 8 heteroatoms. The SMILES string of the molecule is Cl.O=S1(=O)N(CCC(O)CNC2CC2)c2ccccc2N1c1ccccc1. The first-order valence-corrected chi connectivity index (χ1v) is 10.4. The molecule has 1 aliphatic heterocycles. The van der Waals surface area contributed by atoms with Crippen molar-refractivity contribution in [2.75, 3.05) is 21.7 Å². The second kappa shape index (κ2) is 8.06. The van der Waals surface area contributed by atoms with Crippen molar-refractivity contribution in [3.63, 3.8) is 0 Å². The Morgan fingerprint density at radius 3 is 2.33 bits per heavy atom. The van der Waals surface area contributed by atoms with E-state index in [4.69, 9.17) is 0 Å². The van der Waals surface area contributed by atoms with Crippen LogP contribution in [0.5, 0.6) is 0 Å². The van der Waals surface area contributed by atoms with Crippen molar-refractivity contribution in [3.8, 4) is 0 Å². The van der Waals surface area contributed by atoms with Crippen LogP contribution in [0.4, 0.5) is 17.1 Å². The van der Waals surface area contributed by atoms with Crippen LogP contribution in [0.1, 0.15) is 19.3 Å². The van der Waals surface area contributed by atoms with Crippen molar-refractivity contribution >= 4 is 39.7 Å². The maximum Gasteiger partial charge on any atom is 0.330 e. The Morgan fingerprint density at radius 1 is 1.04 bits per heavy atom. The highest BCUT2D eigenvalue weighted by Gasteiger charge is 2.41. The first kappa shape index (κ1) is 19.9. The van der Waals surface area contributed by atoms with E-state index in [1.807, 2.05) is 42.5 Å². The molecule has 1 unspecified atom stereocenters. The molecule has 0 amide bonds. The number of anilines is 3. The molecule has 2 aliphatic rings. The van der Waals surface area contributed by atoms with Crippen molar-refractivity contribution in [2.45, 2.75) is 31.4 Å². The Labute approximate surface area is 166 Å². The molecule has 2 aromatic rings. The van der Waals surface area contributed by atoms with E-state index in [9.17, 15) is 13.5 Å². The molecule has 0 saturated heterocycles. The van der Waals surface area contributed by atoms with Crippen LogP contribution in [-0.4, -0.2) is 38.8 Å². The van der Waals surface area contributed by atoms with Gasteiger partial charge in [-0.2, -0.15) is 8.42 Å². The van der Waals surface area contributed by atoms with Gasteiger partial charge in [0.2, 0.25) is 0 Å². The van der Waals surface area contributed by atoms with Crippen LogP contribution in [-0.2, 0) is 10.2 Å². The summed E-state index contributed by atoms with van der Waals surface area (Å²) >= 11 is 0. The molecular weight excluding hydrogens is 386 g/mol. The van der Waals surface area contributed by atoms with Crippen molar-refractivity contribution in [1.82, 2.24) is 5.32 Å². The van der Waals surface area contributed by atoms with Crippen molar-refractivity contribution < 1.29 is 13.5 Å². The normalized spacial score (nSPS) is 18.7. The van der Waals surface area contributed by atoms with Crippen LogP contribution in [0, 0.1) is 0 Å². The Balaban J connectivity index is 0.00000210. The number of nitrogens with zero attached hydrogens (tertiary/aromatic N) is 2. The van der Waals surface area contributed by atoms with Gasteiger partial charge in [0.05, 0.1) is 23.2 Å². The number of aliphatic hydroxyl groups excluding tert-OH is 1. The van der Waals surface area contributed by atoms with E-state index >= 15 is 0 Å². The highest BCUT2D eigenvalue weighted by atomic mass is 35.5. The number of hydrogen-bond acceptors (Lipinski definition) is 4. The van der Waals surface area contributed by atoms with Crippen molar-refractivity contribution in [3.05, 3.63) is 54.6 Å². The fourth-order valence-corrected chi connectivity index (χ4v) is 4.95. The van der Waals surface area contributed by atoms with Crippen LogP contribution < -0.4 is 13.9 Å². The van der Waals surface area contributed by atoms with Gasteiger partial charge in [-0.25, -0.2) is 4.31 Å². The lowest BCUT2D eigenvalue weighted by Crippen LogP contribution is -2.38. The summed E-state index contributed by atoms with van der Waals surface area (Å²) < 4.78 is 29.2. The molecule has 6 nitrogen and oxygen atoms in total. The fourth-order valence-electron chi connectivity index (χ4n) is 3.22. The summed E-state index contributed by atoms with van der Waals surface area (Å²) in [5.74, 6) is 0. The predicted octanol–water partition coefficient (Wildman–Crippen LogP) is 2.81. The van der Waals surface area contributed by atoms with Gasteiger partial charge in [-0.3, -0.25) is 4.31 Å². The molecule has 4 rings (SSSR count). The summed E-state index contributed by atoms with van der Waals surface area (Å²) in [4.78, 5) is 0. The molecule has 0 bridgehead atoms. The van der Waals surface area contributed by atoms with Gasteiger partial charge in [0.15, 0.2) is 0 Å². The third-order valence-electron chi connectivity index (χ3n) is 4.75. The fraction of sp³-hybridized carbons (Fsp3) is 0.368. The van der Waals surface area contributed by atoms with Gasteiger partial charge in [-0.05, 0) is 43.5 Å². The third kappa shape index (κ3) is 4.06. The lowest BCUT2D eigenvalue weighted by atomic mass is 10.2. The molecule has 0 spiro atoms. The van der Waals surface area contributed by atoms with E-state index in [1.165, 1.54) is 8.61 Å². The zero-order valence-corrected chi connectivity index (χ0v) is 16.5. The van der Waals surface area contributed by atoms with Crippen LogP contribution in [0.15, 0.2) is 54.6 Å². The minimum atomic E-state index is -3.72. The molecule has 0 aromatic heterocycles. The minimum Gasteiger partial charge on any atom is -0.392 e. The highest BCUT2D eigenvalue weighted by molar-refractivity contribution is 7.95. The Kier molecular flexibility index (Phi) is 5.95. The van der Waals surface area contributed by atoms with Gasteiger partial charge >= 0.3 is 10.2 Å². The monoisotopic (exact) mass is 409 g/mol. The summed E-state index contributed by atoms with van der Waals surface area (Å²) in [6, 6.07) is 16.9. The average Bonchev–Trinajstić information content (AvgIpc) is 3.43. The number of para-hydroxylation sites is 3. The van der Waals surface area contributed by atoms with Gasteiger partial charge in [0, 0.05) is 19.1 Å². The van der Waals surface area contributed by atoms with Gasteiger partial charge in [-0.1, -0.05) is 30.3 Å². The molecule has 1 fully saturated rings. The number of aliphatic hydroxyl groups is 1. The second-order valence-electron chi connectivity index (χ2n) is 6.79. The van der Waals surface area contributed by atoms with Crippen molar-refractivity contribution in [1.29, 1.82) is 0 Å². The summed E-state index contributed by atoms with van der Waals surface area (Å²) in [5.41, 5.74) is 1.90. The Morgan fingerprint density at radius 2 is 1.67 bits per heavy atom. The number of benzene rings is 2. The van der Waals surface area contributed by atoms with Crippen LogP contribution in [0.2, 0.25) is 0 Å². The van der Waals surface area contributed by atoms with Crippen LogP contribution >= 0.6 is 12.4 Å². The zero-order valence-electron chi connectivity index (χ0n) is 14.9. The molecule has 2 N–H and O–H groups in total. The molecule has 1 heterocycles. The average molecular weight is 410 g/mol. The Hall–Kier alpha value is -1.80. The third-order valence-corrected chi connectivity index (χ3v) is 6.56. The predicted molar refractivity (Wildman–Crippen MR) is 110 cm³/mol. The van der Waals surface area contributed by atoms with Gasteiger partial charge in [0.25, 0.3) is 0 Å². The van der Waals surface area contributed by atoms with E-state index in [0.717, 1.165) is 12.8 Å². The quantitative estimate of drug-likeness (QED) is 0.737. The minimum absolute atomic E-state index is 0. The van der Waals surface area contributed by atoms with Crippen molar-refractivity contribution in [2.24, 2.45) is 0 Å². The van der Waals surface area contributed by atoms with Gasteiger partial charge in [0.1, 0.15) is 0 Å². The first-order valence-electron chi connectivity index (χ1n) is 8.96. The molecule has 2 aromatic carbocycles. The maximum absolute atomic E-state index is 13.2. The van der Waals surface area contributed by atoms with Gasteiger partial charge in [-0.15, -0.1) is 12.4 Å². The maximum atomic E-state index is 13.2. The molecule has 1 aliphatic carbocycles. The molecule has 146 valence electrons. The standard InChI is InChI=1S/C19H23N3O3S.ClH/c23-17(14-20-15-10-11-15)12-13-21-18-8-4-5-9-19(18)22(26(21,24)25)16-6-2-1-3-7-16;/h1-9,15,17,20,23H,10-14H2;1H. The number of fused-ring (bicyclic) bond motifs is 1. The summed E-state index contributed by atoms with van der Waals surface area (Å²) in [6.45, 7) is 0.749. The largest absolute Gasteiger partial charge is 0.392 e. The summed E-state index contributed by atoms with van der Waals surface area (Å²) in [6.07, 6.45) is 2.14. The zero-order chi connectivity index (χ0) is 18.1. The number of nitrogens with one attached hydrogen (secondary N) is 1. The summed E-state index contributed by atoms with van der Waals surface area (Å²) in [7, 11) is -3.72. The topological polar surface area (TPSA) is 72.9 Å². The lowest BCUT2D eigenvalue weighted by Gasteiger charge is -2.23. The number of hydrogen-bond donors (Lipinski definition) is 2. The number of halogens is 1. The van der Waals surface area contributed by atoms with Crippen LogP contribution in [0.25, 0.3) is 0 Å². The van der Waals surface area contributed by atoms with E-state index < -0.39 is 16.3 Å². The summed E-state index contributed by atoms with van der Waals surface area (Å²) in [5, 5.41) is 13.5. The molecular formula is C19H24ClN3O3S. The first-order chi connectivity index (χ1) is 12.6. The van der Waals surface area contributed by atoms with Gasteiger partial charge < -0.3 is 10.4 Å². The molecule has 0 radical (unpaired) electrons. The Bertz CT molecular complexity index is 875. The van der Waals surface area contributed by atoms with E-state index in [2.05, 4.69) is 5.32 Å². The number of rotatable bonds is 7. The molecule has 27 heavy (non-hydrogen) atoms. The highest BCUT2D eigenvalue weighted by Crippen LogP contribution is 2.45. The molecule has 1 atom stereocenters. The lowest BCUT2D eigenvalue weighted by molar-refractivity contribution is 0.164. The van der Waals surface area contributed by atoms with E-state index in [1.54, 1.807) is 12.1 Å². The second-order valence-corrected chi connectivity index (χ2v) is 8.50. The smallest absolute Gasteiger partial charge is 0.330 e. The van der Waals surface area contributed by atoms with E-state index in [-0.39, 0.29) is 19.0 Å².